The molecule has 1 aromatic carbocycles. The molecule has 9 heteroatoms. The molecule has 0 aliphatic carbocycles. The van der Waals surface area contributed by atoms with Gasteiger partial charge < -0.3 is 24.1 Å². The molecular weight excluding hydrogens is 366 g/mol. The van der Waals surface area contributed by atoms with Crippen LogP contribution in [-0.4, -0.2) is 76.7 Å². The van der Waals surface area contributed by atoms with Crippen molar-refractivity contribution in [1.29, 1.82) is 0 Å². The zero-order valence-corrected chi connectivity index (χ0v) is 16.2. The van der Waals surface area contributed by atoms with Gasteiger partial charge in [0.25, 0.3) is 5.91 Å². The van der Waals surface area contributed by atoms with Crippen molar-refractivity contribution in [3.8, 4) is 0 Å². The lowest BCUT2D eigenvalue weighted by molar-refractivity contribution is -0.138. The minimum absolute atomic E-state index is 0.0190. The lowest BCUT2D eigenvalue weighted by Gasteiger charge is -2.41. The lowest BCUT2D eigenvalue weighted by atomic mass is 10.0. The van der Waals surface area contributed by atoms with Crippen LogP contribution in [0.5, 0.6) is 0 Å². The van der Waals surface area contributed by atoms with Gasteiger partial charge in [-0.1, -0.05) is 0 Å². The van der Waals surface area contributed by atoms with Gasteiger partial charge in [-0.05, 0) is 32.0 Å². The fourth-order valence-corrected chi connectivity index (χ4v) is 3.42. The van der Waals surface area contributed by atoms with Gasteiger partial charge in [0.15, 0.2) is 5.58 Å². The van der Waals surface area contributed by atoms with Crippen molar-refractivity contribution in [1.82, 2.24) is 14.8 Å². The summed E-state index contributed by atoms with van der Waals surface area (Å²) in [5, 5.41) is 9.90. The molecule has 9 nitrogen and oxygen atoms in total. The number of amides is 2. The van der Waals surface area contributed by atoms with Crippen LogP contribution in [0, 0.1) is 0 Å². The third kappa shape index (κ3) is 4.42. The molecule has 152 valence electrons. The van der Waals surface area contributed by atoms with Crippen LogP contribution in [0.4, 0.5) is 0 Å². The molecule has 1 unspecified atom stereocenters. The van der Waals surface area contributed by atoms with Gasteiger partial charge in [0.05, 0.1) is 30.2 Å². The summed E-state index contributed by atoms with van der Waals surface area (Å²) in [6.45, 7) is 4.53. The number of aliphatic hydroxyl groups is 1. The van der Waals surface area contributed by atoms with Gasteiger partial charge >= 0.3 is 5.76 Å². The maximum absolute atomic E-state index is 13.0. The fraction of sp³-hybridized carbons (Fsp3) is 0.526. The molecule has 1 saturated heterocycles. The summed E-state index contributed by atoms with van der Waals surface area (Å²) >= 11 is 0. The SMILES string of the molecule is COCC1CN(C(=O)CC(C)(C)O)CCN1C(=O)c1ccc2oc(=O)[nH]c2c1. The molecule has 0 radical (unpaired) electrons. The minimum Gasteiger partial charge on any atom is -0.408 e. The zero-order valence-electron chi connectivity index (χ0n) is 16.2. The summed E-state index contributed by atoms with van der Waals surface area (Å²) in [5.41, 5.74) is 0.176. The average Bonchev–Trinajstić information content (AvgIpc) is 2.99. The molecule has 0 spiro atoms. The Morgan fingerprint density at radius 1 is 1.36 bits per heavy atom. The number of fused-ring (bicyclic) bond motifs is 1. The van der Waals surface area contributed by atoms with E-state index in [0.717, 1.165) is 0 Å². The topological polar surface area (TPSA) is 116 Å². The average molecular weight is 391 g/mol. The predicted octanol–water partition coefficient (Wildman–Crippen LogP) is 0.582. The Morgan fingerprint density at radius 2 is 2.11 bits per heavy atom. The van der Waals surface area contributed by atoms with Crippen LogP contribution in [0.15, 0.2) is 27.4 Å². The maximum atomic E-state index is 13.0. The van der Waals surface area contributed by atoms with E-state index in [1.807, 2.05) is 0 Å². The van der Waals surface area contributed by atoms with Crippen molar-refractivity contribution in [3.63, 3.8) is 0 Å². The van der Waals surface area contributed by atoms with Crippen molar-refractivity contribution in [2.75, 3.05) is 33.4 Å². The summed E-state index contributed by atoms with van der Waals surface area (Å²) in [6, 6.07) is 4.46. The number of methoxy groups -OCH3 is 1. The number of H-pyrrole nitrogens is 1. The summed E-state index contributed by atoms with van der Waals surface area (Å²) in [7, 11) is 1.54. The van der Waals surface area contributed by atoms with Gasteiger partial charge in [0.1, 0.15) is 0 Å². The van der Waals surface area contributed by atoms with E-state index in [0.29, 0.717) is 36.3 Å². The lowest BCUT2D eigenvalue weighted by Crippen LogP contribution is -2.58. The highest BCUT2D eigenvalue weighted by Gasteiger charge is 2.34. The summed E-state index contributed by atoms with van der Waals surface area (Å²) in [6.07, 6.45) is 0.0190. The highest BCUT2D eigenvalue weighted by Crippen LogP contribution is 2.20. The Kier molecular flexibility index (Phi) is 5.57. The first-order valence-electron chi connectivity index (χ1n) is 9.11. The Balaban J connectivity index is 1.77. The van der Waals surface area contributed by atoms with Gasteiger partial charge in [-0.25, -0.2) is 4.79 Å². The number of aromatic amines is 1. The molecule has 0 saturated carbocycles. The van der Waals surface area contributed by atoms with Gasteiger partial charge in [0.2, 0.25) is 5.91 Å². The first kappa shape index (κ1) is 20.1. The second kappa shape index (κ2) is 7.76. The van der Waals surface area contributed by atoms with E-state index in [1.165, 1.54) is 0 Å². The third-order valence-electron chi connectivity index (χ3n) is 4.71. The normalized spacial score (nSPS) is 17.9. The highest BCUT2D eigenvalue weighted by atomic mass is 16.5. The van der Waals surface area contributed by atoms with Crippen LogP contribution in [-0.2, 0) is 9.53 Å². The number of nitrogens with one attached hydrogen (secondary N) is 1. The second-order valence-corrected chi connectivity index (χ2v) is 7.66. The van der Waals surface area contributed by atoms with E-state index >= 15 is 0 Å². The number of nitrogens with zero attached hydrogens (tertiary/aromatic N) is 2. The number of ether oxygens (including phenoxy) is 1. The maximum Gasteiger partial charge on any atom is 0.417 e. The van der Waals surface area contributed by atoms with Crippen molar-refractivity contribution in [2.24, 2.45) is 0 Å². The van der Waals surface area contributed by atoms with Crippen LogP contribution in [0.1, 0.15) is 30.6 Å². The number of piperazine rings is 1. The molecule has 1 aliphatic rings. The van der Waals surface area contributed by atoms with E-state index in [9.17, 15) is 19.5 Å². The monoisotopic (exact) mass is 391 g/mol. The number of hydrogen-bond donors (Lipinski definition) is 2. The Bertz CT molecular complexity index is 926. The van der Waals surface area contributed by atoms with Crippen LogP contribution in [0.2, 0.25) is 0 Å². The first-order valence-corrected chi connectivity index (χ1v) is 9.11. The van der Waals surface area contributed by atoms with Gasteiger partial charge in [-0.2, -0.15) is 0 Å². The Morgan fingerprint density at radius 3 is 2.79 bits per heavy atom. The number of aromatic nitrogens is 1. The number of rotatable bonds is 5. The number of carbonyl (C=O) groups is 2. The summed E-state index contributed by atoms with van der Waals surface area (Å²) in [5.74, 6) is -0.936. The molecule has 2 amide bonds. The largest absolute Gasteiger partial charge is 0.417 e. The molecular formula is C19H25N3O6. The standard InChI is InChI=1S/C19H25N3O6/c1-19(2,26)9-16(23)21-6-7-22(13(10-21)11-27-3)17(24)12-4-5-15-14(8-12)20-18(25)28-15/h4-5,8,13,26H,6-7,9-11H2,1-3H3,(H,20,25). The predicted molar refractivity (Wildman–Crippen MR) is 101 cm³/mol. The molecule has 1 atom stereocenters. The van der Waals surface area contributed by atoms with Crippen LogP contribution in [0.3, 0.4) is 0 Å². The smallest absolute Gasteiger partial charge is 0.408 e. The van der Waals surface area contributed by atoms with Crippen molar-refractivity contribution in [3.05, 3.63) is 34.3 Å². The molecule has 1 aromatic heterocycles. The minimum atomic E-state index is -1.09. The van der Waals surface area contributed by atoms with Gasteiger partial charge in [-0.15, -0.1) is 0 Å². The summed E-state index contributed by atoms with van der Waals surface area (Å²) in [4.78, 5) is 42.7. The van der Waals surface area contributed by atoms with Crippen LogP contribution >= 0.6 is 0 Å². The number of oxazole rings is 1. The molecule has 2 aromatic rings. The van der Waals surface area contributed by atoms with E-state index in [4.69, 9.17) is 9.15 Å². The van der Waals surface area contributed by atoms with Crippen molar-refractivity contribution in [2.45, 2.75) is 31.9 Å². The van der Waals surface area contributed by atoms with Crippen LogP contribution in [0.25, 0.3) is 11.1 Å². The van der Waals surface area contributed by atoms with Gasteiger partial charge in [-0.3, -0.25) is 14.6 Å². The van der Waals surface area contributed by atoms with Crippen LogP contribution < -0.4 is 5.76 Å². The number of benzene rings is 1. The molecule has 0 bridgehead atoms. The molecule has 28 heavy (non-hydrogen) atoms. The Labute approximate surface area is 161 Å². The quantitative estimate of drug-likeness (QED) is 0.770. The summed E-state index contributed by atoms with van der Waals surface area (Å²) < 4.78 is 10.2. The molecule has 1 aliphatic heterocycles. The molecule has 2 N–H and O–H groups in total. The molecule has 3 rings (SSSR count). The molecule has 2 heterocycles. The zero-order chi connectivity index (χ0) is 20.5. The first-order chi connectivity index (χ1) is 13.2. The van der Waals surface area contributed by atoms with Crippen molar-refractivity contribution < 1.29 is 23.8 Å². The molecule has 1 fully saturated rings. The van der Waals surface area contributed by atoms with E-state index < -0.39 is 11.4 Å². The number of carbonyl (C=O) groups excluding carboxylic acids is 2. The third-order valence-corrected chi connectivity index (χ3v) is 4.71. The Hall–Kier alpha value is -2.65. The fourth-order valence-electron chi connectivity index (χ4n) is 3.42. The second-order valence-electron chi connectivity index (χ2n) is 7.66. The van der Waals surface area contributed by atoms with Crippen molar-refractivity contribution >= 4 is 22.9 Å². The number of hydrogen-bond acceptors (Lipinski definition) is 6. The van der Waals surface area contributed by atoms with E-state index in [-0.39, 0.29) is 30.9 Å². The van der Waals surface area contributed by atoms with Gasteiger partial charge in [0, 0.05) is 32.3 Å². The van der Waals surface area contributed by atoms with E-state index in [2.05, 4.69) is 4.98 Å². The highest BCUT2D eigenvalue weighted by molar-refractivity contribution is 5.97. The van der Waals surface area contributed by atoms with E-state index in [1.54, 1.807) is 49.0 Å².